The Kier molecular flexibility index (Phi) is 6.44. The van der Waals surface area contributed by atoms with Crippen molar-refractivity contribution in [2.75, 3.05) is 13.1 Å². The number of thiazole rings is 1. The fourth-order valence-electron chi connectivity index (χ4n) is 1.84. The second-order valence-electron chi connectivity index (χ2n) is 4.47. The van der Waals surface area contributed by atoms with Gasteiger partial charge in [0.2, 0.25) is 0 Å². The standard InChI is InChI=1S/C13H21N3O3S/c1-4-6-16(7-5-2)13(19)14-8-10-15-9(3)11(20-10)12(17)18/h4-8H2,1-3H3,(H,14,19)(H,17,18). The Morgan fingerprint density at radius 2 is 1.90 bits per heavy atom. The number of carbonyl (C=O) groups is 2. The van der Waals surface area contributed by atoms with E-state index in [1.165, 1.54) is 0 Å². The van der Waals surface area contributed by atoms with E-state index < -0.39 is 5.97 Å². The lowest BCUT2D eigenvalue weighted by Gasteiger charge is -2.21. The summed E-state index contributed by atoms with van der Waals surface area (Å²) >= 11 is 1.10. The maximum atomic E-state index is 12.0. The zero-order valence-corrected chi connectivity index (χ0v) is 12.9. The molecule has 2 amide bonds. The molecule has 0 aliphatic rings. The number of aromatic carboxylic acids is 1. The van der Waals surface area contributed by atoms with Crippen molar-refractivity contribution in [2.45, 2.75) is 40.2 Å². The number of carbonyl (C=O) groups excluding carboxylic acids is 1. The molecule has 0 unspecified atom stereocenters. The van der Waals surface area contributed by atoms with Gasteiger partial charge in [-0.05, 0) is 19.8 Å². The molecule has 2 N–H and O–H groups in total. The number of rotatable bonds is 7. The van der Waals surface area contributed by atoms with E-state index in [1.807, 2.05) is 13.8 Å². The molecule has 0 radical (unpaired) electrons. The topological polar surface area (TPSA) is 82.5 Å². The van der Waals surface area contributed by atoms with Crippen LogP contribution in [0.25, 0.3) is 0 Å². The number of carboxylic acids is 1. The number of aryl methyl sites for hydroxylation is 1. The van der Waals surface area contributed by atoms with Gasteiger partial charge in [0.15, 0.2) is 0 Å². The van der Waals surface area contributed by atoms with Crippen molar-refractivity contribution >= 4 is 23.3 Å². The molecule has 0 atom stereocenters. The van der Waals surface area contributed by atoms with Crippen LogP contribution in [0.1, 0.15) is 47.1 Å². The molecule has 0 fully saturated rings. The number of nitrogens with one attached hydrogen (secondary N) is 1. The van der Waals surface area contributed by atoms with Crippen LogP contribution in [0.2, 0.25) is 0 Å². The summed E-state index contributed by atoms with van der Waals surface area (Å²) in [5.41, 5.74) is 0.491. The van der Waals surface area contributed by atoms with Gasteiger partial charge in [-0.3, -0.25) is 0 Å². The highest BCUT2D eigenvalue weighted by molar-refractivity contribution is 7.13. The number of hydrogen-bond acceptors (Lipinski definition) is 4. The predicted molar refractivity (Wildman–Crippen MR) is 78.2 cm³/mol. The molecule has 6 nitrogen and oxygen atoms in total. The number of carboxylic acid groups (broad SMARTS) is 1. The van der Waals surface area contributed by atoms with E-state index in [9.17, 15) is 9.59 Å². The molecule has 0 aliphatic heterocycles. The number of amides is 2. The zero-order valence-electron chi connectivity index (χ0n) is 12.1. The van der Waals surface area contributed by atoms with Crippen LogP contribution in [0.5, 0.6) is 0 Å². The van der Waals surface area contributed by atoms with Gasteiger partial charge in [0, 0.05) is 13.1 Å². The number of hydrogen-bond donors (Lipinski definition) is 2. The lowest BCUT2D eigenvalue weighted by molar-refractivity contribution is 0.0701. The van der Waals surface area contributed by atoms with E-state index in [0.717, 1.165) is 37.3 Å². The number of aromatic nitrogens is 1. The minimum Gasteiger partial charge on any atom is -0.477 e. The third-order valence-electron chi connectivity index (χ3n) is 2.70. The van der Waals surface area contributed by atoms with Crippen LogP contribution in [0.4, 0.5) is 4.79 Å². The molecule has 0 spiro atoms. The second kappa shape index (κ2) is 7.84. The number of urea groups is 1. The first-order valence-electron chi connectivity index (χ1n) is 6.71. The molecule has 0 saturated carbocycles. The Morgan fingerprint density at radius 1 is 1.30 bits per heavy atom. The molecule has 112 valence electrons. The van der Waals surface area contributed by atoms with Crippen LogP contribution >= 0.6 is 11.3 Å². The minimum absolute atomic E-state index is 0.126. The van der Waals surface area contributed by atoms with E-state index in [4.69, 9.17) is 5.11 Å². The Bertz CT molecular complexity index is 467. The van der Waals surface area contributed by atoms with E-state index in [-0.39, 0.29) is 17.5 Å². The summed E-state index contributed by atoms with van der Waals surface area (Å²) in [4.78, 5) is 29.1. The first-order chi connectivity index (χ1) is 9.49. The van der Waals surface area contributed by atoms with Crippen LogP contribution in [-0.2, 0) is 6.54 Å². The van der Waals surface area contributed by atoms with E-state index in [1.54, 1.807) is 11.8 Å². The summed E-state index contributed by atoms with van der Waals surface area (Å²) in [5, 5.41) is 12.4. The maximum absolute atomic E-state index is 12.0. The summed E-state index contributed by atoms with van der Waals surface area (Å²) in [6.07, 6.45) is 1.82. The summed E-state index contributed by atoms with van der Waals surface area (Å²) in [5.74, 6) is -0.976. The third-order valence-corrected chi connectivity index (χ3v) is 3.85. The van der Waals surface area contributed by atoms with E-state index >= 15 is 0 Å². The lowest BCUT2D eigenvalue weighted by Crippen LogP contribution is -2.40. The number of nitrogens with zero attached hydrogens (tertiary/aromatic N) is 2. The minimum atomic E-state index is -0.976. The predicted octanol–water partition coefficient (Wildman–Crippen LogP) is 2.48. The monoisotopic (exact) mass is 299 g/mol. The molecular weight excluding hydrogens is 278 g/mol. The largest absolute Gasteiger partial charge is 0.477 e. The molecule has 0 saturated heterocycles. The summed E-state index contributed by atoms with van der Waals surface area (Å²) < 4.78 is 0. The van der Waals surface area contributed by atoms with Gasteiger partial charge in [0.25, 0.3) is 0 Å². The van der Waals surface area contributed by atoms with Crippen molar-refractivity contribution in [3.63, 3.8) is 0 Å². The molecule has 1 rings (SSSR count). The molecule has 1 aromatic heterocycles. The molecule has 7 heteroatoms. The average Bonchev–Trinajstić information content (AvgIpc) is 2.77. The van der Waals surface area contributed by atoms with E-state index in [2.05, 4.69) is 10.3 Å². The van der Waals surface area contributed by atoms with Crippen molar-refractivity contribution < 1.29 is 14.7 Å². The van der Waals surface area contributed by atoms with Gasteiger partial charge in [-0.15, -0.1) is 11.3 Å². The Labute approximate surface area is 122 Å². The lowest BCUT2D eigenvalue weighted by atomic mass is 10.4. The van der Waals surface area contributed by atoms with Gasteiger partial charge in [-0.25, -0.2) is 14.6 Å². The van der Waals surface area contributed by atoms with Crippen molar-refractivity contribution in [1.82, 2.24) is 15.2 Å². The molecule has 0 aliphatic carbocycles. The summed E-state index contributed by atoms with van der Waals surface area (Å²) in [6, 6.07) is -0.126. The third kappa shape index (κ3) is 4.48. The molecule has 0 aromatic carbocycles. The molecule has 20 heavy (non-hydrogen) atoms. The van der Waals surface area contributed by atoms with Crippen LogP contribution in [0, 0.1) is 6.92 Å². The first-order valence-corrected chi connectivity index (χ1v) is 7.53. The Balaban J connectivity index is 2.59. The van der Waals surface area contributed by atoms with Crippen molar-refractivity contribution in [3.05, 3.63) is 15.6 Å². The highest BCUT2D eigenvalue weighted by Crippen LogP contribution is 2.17. The fraction of sp³-hybridized carbons (Fsp3) is 0.615. The Hall–Kier alpha value is -1.63. The Morgan fingerprint density at radius 3 is 2.35 bits per heavy atom. The van der Waals surface area contributed by atoms with Crippen molar-refractivity contribution in [1.29, 1.82) is 0 Å². The fourth-order valence-corrected chi connectivity index (χ4v) is 2.69. The normalized spacial score (nSPS) is 10.3. The van der Waals surface area contributed by atoms with Crippen LogP contribution < -0.4 is 5.32 Å². The SMILES string of the molecule is CCCN(CCC)C(=O)NCc1nc(C)c(C(=O)O)s1. The van der Waals surface area contributed by atoms with E-state index in [0.29, 0.717) is 10.7 Å². The van der Waals surface area contributed by atoms with Gasteiger partial charge in [-0.2, -0.15) is 0 Å². The van der Waals surface area contributed by atoms with Gasteiger partial charge in [0.05, 0.1) is 12.2 Å². The first kappa shape index (κ1) is 16.4. The second-order valence-corrected chi connectivity index (χ2v) is 5.56. The molecule has 0 bridgehead atoms. The molecule has 1 aromatic rings. The highest BCUT2D eigenvalue weighted by atomic mass is 32.1. The summed E-state index contributed by atoms with van der Waals surface area (Å²) in [7, 11) is 0. The van der Waals surface area contributed by atoms with Crippen LogP contribution in [0.3, 0.4) is 0 Å². The molecule has 1 heterocycles. The van der Waals surface area contributed by atoms with Gasteiger partial charge in [-0.1, -0.05) is 13.8 Å². The summed E-state index contributed by atoms with van der Waals surface area (Å²) in [6.45, 7) is 7.42. The highest BCUT2D eigenvalue weighted by Gasteiger charge is 2.16. The zero-order chi connectivity index (χ0) is 15.1. The quantitative estimate of drug-likeness (QED) is 0.810. The van der Waals surface area contributed by atoms with Crippen LogP contribution in [-0.4, -0.2) is 40.1 Å². The molecular formula is C13H21N3O3S. The smallest absolute Gasteiger partial charge is 0.347 e. The van der Waals surface area contributed by atoms with Crippen LogP contribution in [0.15, 0.2) is 0 Å². The maximum Gasteiger partial charge on any atom is 0.347 e. The van der Waals surface area contributed by atoms with Crippen molar-refractivity contribution in [3.8, 4) is 0 Å². The van der Waals surface area contributed by atoms with Gasteiger partial charge in [0.1, 0.15) is 9.88 Å². The van der Waals surface area contributed by atoms with Gasteiger partial charge >= 0.3 is 12.0 Å². The van der Waals surface area contributed by atoms with Crippen molar-refractivity contribution in [2.24, 2.45) is 0 Å². The average molecular weight is 299 g/mol. The van der Waals surface area contributed by atoms with Gasteiger partial charge < -0.3 is 15.3 Å².